The Morgan fingerprint density at radius 2 is 1.60 bits per heavy atom. The van der Waals surface area contributed by atoms with E-state index in [4.69, 9.17) is 9.84 Å². The van der Waals surface area contributed by atoms with Crippen molar-refractivity contribution in [2.24, 2.45) is 5.92 Å². The van der Waals surface area contributed by atoms with E-state index in [0.717, 1.165) is 58.8 Å². The van der Waals surface area contributed by atoms with Crippen molar-refractivity contribution >= 4 is 11.9 Å². The summed E-state index contributed by atoms with van der Waals surface area (Å²) in [5.74, 6) is -0.287. The quantitative estimate of drug-likeness (QED) is 0.883. The Labute approximate surface area is 148 Å². The maximum Gasteiger partial charge on any atom is 0.335 e. The Bertz CT molecular complexity index is 588. The van der Waals surface area contributed by atoms with Crippen LogP contribution in [0.4, 0.5) is 0 Å². The molecule has 2 aliphatic rings. The third-order valence-corrected chi connectivity index (χ3v) is 5.24. The van der Waals surface area contributed by atoms with Gasteiger partial charge in [0.15, 0.2) is 0 Å². The predicted octanol–water partition coefficient (Wildman–Crippen LogP) is 1.96. The second-order valence-electron chi connectivity index (χ2n) is 6.86. The highest BCUT2D eigenvalue weighted by Crippen LogP contribution is 2.22. The number of carbonyl (C=O) groups is 2. The molecule has 0 unspecified atom stereocenters. The van der Waals surface area contributed by atoms with E-state index in [9.17, 15) is 9.59 Å². The Kier molecular flexibility index (Phi) is 6.04. The molecule has 2 heterocycles. The van der Waals surface area contributed by atoms with Crippen LogP contribution in [-0.4, -0.2) is 72.7 Å². The van der Waals surface area contributed by atoms with Crippen molar-refractivity contribution in [3.8, 4) is 0 Å². The average Bonchev–Trinajstić information content (AvgIpc) is 2.67. The van der Waals surface area contributed by atoms with Crippen molar-refractivity contribution in [1.82, 2.24) is 9.80 Å². The summed E-state index contributed by atoms with van der Waals surface area (Å²) in [7, 11) is 0. The van der Waals surface area contributed by atoms with Gasteiger partial charge in [-0.05, 0) is 56.0 Å². The zero-order valence-electron chi connectivity index (χ0n) is 14.5. The molecule has 0 spiro atoms. The van der Waals surface area contributed by atoms with E-state index in [2.05, 4.69) is 4.90 Å². The highest BCUT2D eigenvalue weighted by atomic mass is 16.5. The highest BCUT2D eigenvalue weighted by molar-refractivity contribution is 5.95. The first-order chi connectivity index (χ1) is 12.1. The third kappa shape index (κ3) is 4.80. The minimum atomic E-state index is -0.972. The number of likely N-dealkylation sites (tertiary alicyclic amines) is 1. The van der Waals surface area contributed by atoms with Crippen LogP contribution < -0.4 is 0 Å². The predicted molar refractivity (Wildman–Crippen MR) is 93.9 cm³/mol. The van der Waals surface area contributed by atoms with E-state index in [0.29, 0.717) is 11.5 Å². The third-order valence-electron chi connectivity index (χ3n) is 5.24. The first kappa shape index (κ1) is 17.9. The number of carbonyl (C=O) groups excluding carboxylic acids is 1. The molecule has 1 amide bonds. The maximum absolute atomic E-state index is 12.5. The molecule has 6 heteroatoms. The molecule has 1 N–H and O–H groups in total. The van der Waals surface area contributed by atoms with Crippen LogP contribution in [0.15, 0.2) is 24.3 Å². The minimum absolute atomic E-state index is 0.00330. The molecule has 0 saturated carbocycles. The number of amides is 1. The van der Waals surface area contributed by atoms with Gasteiger partial charge in [-0.3, -0.25) is 9.69 Å². The van der Waals surface area contributed by atoms with Crippen molar-refractivity contribution in [3.05, 3.63) is 35.4 Å². The molecule has 2 fully saturated rings. The summed E-state index contributed by atoms with van der Waals surface area (Å²) in [5, 5.41) is 8.93. The lowest BCUT2D eigenvalue weighted by Gasteiger charge is -2.34. The molecule has 2 saturated heterocycles. The second-order valence-corrected chi connectivity index (χ2v) is 6.86. The monoisotopic (exact) mass is 346 g/mol. The van der Waals surface area contributed by atoms with E-state index >= 15 is 0 Å². The summed E-state index contributed by atoms with van der Waals surface area (Å²) in [6.45, 7) is 6.44. The molecule has 136 valence electrons. The standard InChI is InChI=1S/C19H26N2O4/c22-18(16-1-3-17(4-2-16)19(23)24)21-9-6-15(7-10-21)5-8-20-11-13-25-14-12-20/h1-4,15H,5-14H2,(H,23,24). The number of aromatic carboxylic acids is 1. The Hall–Kier alpha value is -1.92. The summed E-state index contributed by atoms with van der Waals surface area (Å²) in [4.78, 5) is 27.8. The number of morpholine rings is 1. The molecule has 3 rings (SSSR count). The molecule has 1 aromatic rings. The molecular formula is C19H26N2O4. The molecule has 0 aromatic heterocycles. The van der Waals surface area contributed by atoms with Gasteiger partial charge in [0.05, 0.1) is 18.8 Å². The van der Waals surface area contributed by atoms with Gasteiger partial charge in [0, 0.05) is 31.7 Å². The lowest BCUT2D eigenvalue weighted by atomic mass is 9.93. The van der Waals surface area contributed by atoms with Crippen LogP contribution in [0.1, 0.15) is 40.0 Å². The van der Waals surface area contributed by atoms with Crippen LogP contribution in [-0.2, 0) is 4.74 Å². The number of rotatable bonds is 5. The van der Waals surface area contributed by atoms with Gasteiger partial charge >= 0.3 is 5.97 Å². The van der Waals surface area contributed by atoms with Crippen LogP contribution in [0.25, 0.3) is 0 Å². The van der Waals surface area contributed by atoms with Crippen molar-refractivity contribution in [2.45, 2.75) is 19.3 Å². The number of ether oxygens (including phenoxy) is 1. The number of hydrogen-bond donors (Lipinski definition) is 1. The fourth-order valence-corrected chi connectivity index (χ4v) is 3.55. The Morgan fingerprint density at radius 3 is 2.20 bits per heavy atom. The largest absolute Gasteiger partial charge is 0.478 e. The normalized spacial score (nSPS) is 19.8. The molecule has 6 nitrogen and oxygen atoms in total. The van der Waals surface area contributed by atoms with E-state index in [1.54, 1.807) is 12.1 Å². The lowest BCUT2D eigenvalue weighted by Crippen LogP contribution is -2.40. The van der Waals surface area contributed by atoms with Gasteiger partial charge in [-0.15, -0.1) is 0 Å². The molecular weight excluding hydrogens is 320 g/mol. The summed E-state index contributed by atoms with van der Waals surface area (Å²) in [6.07, 6.45) is 3.28. The van der Waals surface area contributed by atoms with Crippen molar-refractivity contribution in [2.75, 3.05) is 45.9 Å². The van der Waals surface area contributed by atoms with Gasteiger partial charge in [-0.1, -0.05) is 0 Å². The van der Waals surface area contributed by atoms with Crippen LogP contribution in [0.3, 0.4) is 0 Å². The Balaban J connectivity index is 1.44. The van der Waals surface area contributed by atoms with Gasteiger partial charge < -0.3 is 14.7 Å². The van der Waals surface area contributed by atoms with Gasteiger partial charge in [-0.2, -0.15) is 0 Å². The SMILES string of the molecule is O=C(O)c1ccc(C(=O)N2CCC(CCN3CCOCC3)CC2)cc1. The zero-order chi connectivity index (χ0) is 17.6. The van der Waals surface area contributed by atoms with Gasteiger partial charge in [0.2, 0.25) is 0 Å². The van der Waals surface area contributed by atoms with E-state index in [1.807, 2.05) is 4.90 Å². The summed E-state index contributed by atoms with van der Waals surface area (Å²) >= 11 is 0. The molecule has 0 bridgehead atoms. The summed E-state index contributed by atoms with van der Waals surface area (Å²) in [6, 6.07) is 6.20. The molecule has 1 aromatic carbocycles. The molecule has 2 aliphatic heterocycles. The highest BCUT2D eigenvalue weighted by Gasteiger charge is 2.24. The van der Waals surface area contributed by atoms with Gasteiger partial charge in [-0.25, -0.2) is 4.79 Å². The molecule has 0 atom stereocenters. The van der Waals surface area contributed by atoms with Crippen LogP contribution in [0.5, 0.6) is 0 Å². The van der Waals surface area contributed by atoms with Gasteiger partial charge in [0.25, 0.3) is 5.91 Å². The van der Waals surface area contributed by atoms with Crippen LogP contribution >= 0.6 is 0 Å². The maximum atomic E-state index is 12.5. The van der Waals surface area contributed by atoms with Crippen molar-refractivity contribution < 1.29 is 19.4 Å². The lowest BCUT2D eigenvalue weighted by molar-refractivity contribution is 0.0332. The smallest absolute Gasteiger partial charge is 0.335 e. The summed E-state index contributed by atoms with van der Waals surface area (Å²) in [5.41, 5.74) is 0.773. The number of nitrogens with zero attached hydrogens (tertiary/aromatic N) is 2. The van der Waals surface area contributed by atoms with Crippen molar-refractivity contribution in [3.63, 3.8) is 0 Å². The fourth-order valence-electron chi connectivity index (χ4n) is 3.55. The van der Waals surface area contributed by atoms with Crippen LogP contribution in [0.2, 0.25) is 0 Å². The van der Waals surface area contributed by atoms with E-state index in [-0.39, 0.29) is 11.5 Å². The zero-order valence-corrected chi connectivity index (χ0v) is 14.5. The molecule has 25 heavy (non-hydrogen) atoms. The van der Waals surface area contributed by atoms with Crippen molar-refractivity contribution in [1.29, 1.82) is 0 Å². The fraction of sp³-hybridized carbons (Fsp3) is 0.579. The Morgan fingerprint density at radius 1 is 1.00 bits per heavy atom. The van der Waals surface area contributed by atoms with Gasteiger partial charge in [0.1, 0.15) is 0 Å². The number of piperidine rings is 1. The topological polar surface area (TPSA) is 70.1 Å². The first-order valence-electron chi connectivity index (χ1n) is 9.06. The number of benzene rings is 1. The van der Waals surface area contributed by atoms with E-state index < -0.39 is 5.97 Å². The number of hydrogen-bond acceptors (Lipinski definition) is 4. The molecule has 0 radical (unpaired) electrons. The van der Waals surface area contributed by atoms with Crippen LogP contribution in [0, 0.1) is 5.92 Å². The first-order valence-corrected chi connectivity index (χ1v) is 9.06. The summed E-state index contributed by atoms with van der Waals surface area (Å²) < 4.78 is 5.38. The number of carboxylic acid groups (broad SMARTS) is 1. The minimum Gasteiger partial charge on any atom is -0.478 e. The van der Waals surface area contributed by atoms with E-state index in [1.165, 1.54) is 18.6 Å². The average molecular weight is 346 g/mol. The number of carboxylic acids is 1. The molecule has 0 aliphatic carbocycles. The second kappa shape index (κ2) is 8.45.